The van der Waals surface area contributed by atoms with Crippen molar-refractivity contribution in [2.45, 2.75) is 37.9 Å². The van der Waals surface area contributed by atoms with Crippen LogP contribution >= 0.6 is 0 Å². The van der Waals surface area contributed by atoms with Crippen molar-refractivity contribution in [3.8, 4) is 0 Å². The van der Waals surface area contributed by atoms with Gasteiger partial charge in [-0.05, 0) is 25.5 Å². The topological polar surface area (TPSA) is 58.9 Å². The van der Waals surface area contributed by atoms with Crippen LogP contribution in [0.25, 0.3) is 0 Å². The third kappa shape index (κ3) is 1.40. The van der Waals surface area contributed by atoms with Crippen LogP contribution in [0, 0.1) is 0 Å². The third-order valence-electron chi connectivity index (χ3n) is 2.40. The summed E-state index contributed by atoms with van der Waals surface area (Å²) in [5.41, 5.74) is 0.711. The van der Waals surface area contributed by atoms with Gasteiger partial charge in [0.05, 0.1) is 6.61 Å². The first-order valence-corrected chi connectivity index (χ1v) is 4.38. The van der Waals surface area contributed by atoms with Crippen LogP contribution < -0.4 is 0 Å². The highest BCUT2D eigenvalue weighted by molar-refractivity contribution is 5.24. The lowest BCUT2D eigenvalue weighted by Gasteiger charge is -2.18. The molecule has 4 heteroatoms. The van der Waals surface area contributed by atoms with E-state index in [2.05, 4.69) is 0 Å². The first-order valence-electron chi connectivity index (χ1n) is 4.38. The van der Waals surface area contributed by atoms with Crippen molar-refractivity contribution in [3.05, 3.63) is 11.6 Å². The molecule has 2 rings (SSSR count). The van der Waals surface area contributed by atoms with Crippen molar-refractivity contribution in [2.75, 3.05) is 6.61 Å². The third-order valence-corrected chi connectivity index (χ3v) is 2.40. The molecule has 1 aliphatic heterocycles. The minimum atomic E-state index is -0.662. The van der Waals surface area contributed by atoms with Gasteiger partial charge in [-0.1, -0.05) is 0 Å². The predicted octanol–water partition coefficient (Wildman–Crippen LogP) is -0.200. The zero-order valence-corrected chi connectivity index (χ0v) is 7.73. The Morgan fingerprint density at radius 2 is 2.15 bits per heavy atom. The van der Waals surface area contributed by atoms with E-state index >= 15 is 0 Å². The van der Waals surface area contributed by atoms with E-state index in [1.807, 2.05) is 0 Å². The molecule has 0 aromatic rings. The highest BCUT2D eigenvalue weighted by Crippen LogP contribution is 2.37. The molecular weight excluding hydrogens is 172 g/mol. The molecule has 0 aromatic carbocycles. The highest BCUT2D eigenvalue weighted by atomic mass is 16.8. The molecule has 3 atom stereocenters. The van der Waals surface area contributed by atoms with Crippen LogP contribution in [0.5, 0.6) is 0 Å². The molecule has 0 aromatic heterocycles. The smallest absolute Gasteiger partial charge is 0.164 e. The second kappa shape index (κ2) is 2.78. The summed E-state index contributed by atoms with van der Waals surface area (Å²) >= 11 is 0. The second-order valence-corrected chi connectivity index (χ2v) is 3.91. The van der Waals surface area contributed by atoms with E-state index < -0.39 is 11.9 Å². The fourth-order valence-electron chi connectivity index (χ4n) is 1.88. The molecule has 13 heavy (non-hydrogen) atoms. The molecule has 1 heterocycles. The van der Waals surface area contributed by atoms with Gasteiger partial charge in [-0.15, -0.1) is 0 Å². The van der Waals surface area contributed by atoms with Crippen molar-refractivity contribution in [1.82, 2.24) is 0 Å². The molecule has 1 saturated heterocycles. The molecule has 0 amide bonds. The van der Waals surface area contributed by atoms with Gasteiger partial charge < -0.3 is 19.7 Å². The average Bonchev–Trinajstić information content (AvgIpc) is 2.47. The number of rotatable bonds is 1. The first kappa shape index (κ1) is 9.15. The molecule has 0 spiro atoms. The quantitative estimate of drug-likeness (QED) is 0.557. The van der Waals surface area contributed by atoms with E-state index in [0.717, 1.165) is 0 Å². The minimum Gasteiger partial charge on any atom is -0.392 e. The Bertz CT molecular complexity index is 246. The van der Waals surface area contributed by atoms with E-state index in [0.29, 0.717) is 5.57 Å². The van der Waals surface area contributed by atoms with E-state index in [1.165, 1.54) is 0 Å². The summed E-state index contributed by atoms with van der Waals surface area (Å²) in [6.07, 6.45) is 0.311. The summed E-state index contributed by atoms with van der Waals surface area (Å²) in [4.78, 5) is 0. The van der Waals surface area contributed by atoms with E-state index in [-0.39, 0.29) is 18.8 Å². The number of ether oxygens (including phenoxy) is 2. The Balaban J connectivity index is 2.19. The summed E-state index contributed by atoms with van der Waals surface area (Å²) < 4.78 is 11.0. The molecule has 0 unspecified atom stereocenters. The number of hydrogen-bond acceptors (Lipinski definition) is 4. The molecule has 0 bridgehead atoms. The van der Waals surface area contributed by atoms with Crippen molar-refractivity contribution < 1.29 is 19.7 Å². The van der Waals surface area contributed by atoms with Gasteiger partial charge in [-0.25, -0.2) is 0 Å². The van der Waals surface area contributed by atoms with Crippen molar-refractivity contribution in [1.29, 1.82) is 0 Å². The van der Waals surface area contributed by atoms with Gasteiger partial charge >= 0.3 is 0 Å². The van der Waals surface area contributed by atoms with Crippen molar-refractivity contribution in [3.63, 3.8) is 0 Å². The fourth-order valence-corrected chi connectivity index (χ4v) is 1.88. The van der Waals surface area contributed by atoms with Gasteiger partial charge in [0.2, 0.25) is 0 Å². The Hall–Kier alpha value is -0.420. The van der Waals surface area contributed by atoms with Crippen LogP contribution in [0.4, 0.5) is 0 Å². The van der Waals surface area contributed by atoms with Crippen LogP contribution in [-0.2, 0) is 9.47 Å². The first-order chi connectivity index (χ1) is 6.03. The van der Waals surface area contributed by atoms with Gasteiger partial charge in [-0.2, -0.15) is 0 Å². The standard InChI is InChI=1S/C9H14O4/c1-9(2)12-7-5(4-10)3-6(11)8(7)13-9/h3,6-8,10-11H,4H2,1-2H3/t6-,7-,8+/m0/s1. The van der Waals surface area contributed by atoms with Crippen molar-refractivity contribution >= 4 is 0 Å². The van der Waals surface area contributed by atoms with Crippen LogP contribution in [-0.4, -0.2) is 40.9 Å². The van der Waals surface area contributed by atoms with E-state index in [1.54, 1.807) is 19.9 Å². The maximum absolute atomic E-state index is 9.54. The monoisotopic (exact) mass is 186 g/mol. The molecule has 1 fully saturated rings. The van der Waals surface area contributed by atoms with Crippen LogP contribution in [0.2, 0.25) is 0 Å². The van der Waals surface area contributed by atoms with E-state index in [4.69, 9.17) is 14.6 Å². The number of hydrogen-bond donors (Lipinski definition) is 2. The second-order valence-electron chi connectivity index (χ2n) is 3.91. The van der Waals surface area contributed by atoms with Gasteiger partial charge in [-0.3, -0.25) is 0 Å². The molecule has 2 N–H and O–H groups in total. The molecule has 0 radical (unpaired) electrons. The summed E-state index contributed by atoms with van der Waals surface area (Å²) in [7, 11) is 0. The zero-order chi connectivity index (χ0) is 9.64. The van der Waals surface area contributed by atoms with Gasteiger partial charge in [0.15, 0.2) is 5.79 Å². The van der Waals surface area contributed by atoms with Crippen molar-refractivity contribution in [2.24, 2.45) is 0 Å². The van der Waals surface area contributed by atoms with Gasteiger partial charge in [0.1, 0.15) is 18.3 Å². The lowest BCUT2D eigenvalue weighted by molar-refractivity contribution is -0.153. The predicted molar refractivity (Wildman–Crippen MR) is 45.0 cm³/mol. The summed E-state index contributed by atoms with van der Waals surface area (Å²) in [5.74, 6) is -0.662. The maximum atomic E-state index is 9.54. The lowest BCUT2D eigenvalue weighted by atomic mass is 10.1. The Morgan fingerprint density at radius 3 is 2.77 bits per heavy atom. The number of aliphatic hydroxyl groups excluding tert-OH is 2. The largest absolute Gasteiger partial charge is 0.392 e. The molecule has 0 saturated carbocycles. The number of fused-ring (bicyclic) bond motifs is 1. The van der Waals surface area contributed by atoms with Gasteiger partial charge in [0.25, 0.3) is 0 Å². The Morgan fingerprint density at radius 1 is 1.46 bits per heavy atom. The van der Waals surface area contributed by atoms with Gasteiger partial charge in [0, 0.05) is 0 Å². The maximum Gasteiger partial charge on any atom is 0.164 e. The minimum absolute atomic E-state index is 0.0856. The Labute approximate surface area is 76.8 Å². The SMILES string of the molecule is CC1(C)O[C@@H]2[C@@H](O)C=C(CO)[C@@H]2O1. The zero-order valence-electron chi connectivity index (χ0n) is 7.73. The Kier molecular flexibility index (Phi) is 1.96. The molecular formula is C9H14O4. The molecule has 74 valence electrons. The highest BCUT2D eigenvalue weighted by Gasteiger charge is 2.49. The average molecular weight is 186 g/mol. The summed E-state index contributed by atoms with van der Waals surface area (Å²) in [5, 5.41) is 18.5. The fraction of sp³-hybridized carbons (Fsp3) is 0.778. The van der Waals surface area contributed by atoms with Crippen LogP contribution in [0.1, 0.15) is 13.8 Å². The van der Waals surface area contributed by atoms with Crippen LogP contribution in [0.15, 0.2) is 11.6 Å². The summed E-state index contributed by atoms with van der Waals surface area (Å²) in [6, 6.07) is 0. The molecule has 1 aliphatic carbocycles. The normalized spacial score (nSPS) is 41.8. The summed E-state index contributed by atoms with van der Waals surface area (Å²) in [6.45, 7) is 3.51. The van der Waals surface area contributed by atoms with E-state index in [9.17, 15) is 5.11 Å². The lowest BCUT2D eigenvalue weighted by Crippen LogP contribution is -2.29. The van der Waals surface area contributed by atoms with Crippen LogP contribution in [0.3, 0.4) is 0 Å². The molecule has 4 nitrogen and oxygen atoms in total. The molecule has 2 aliphatic rings. The number of aliphatic hydroxyl groups is 2.